The van der Waals surface area contributed by atoms with E-state index in [1.165, 1.54) is 17.5 Å². The molecule has 120 valence electrons. The number of benzene rings is 1. The summed E-state index contributed by atoms with van der Waals surface area (Å²) in [6.45, 7) is 1.62. The van der Waals surface area contributed by atoms with Crippen molar-refractivity contribution in [2.45, 2.75) is 38.5 Å². The van der Waals surface area contributed by atoms with E-state index in [0.717, 1.165) is 31.4 Å². The van der Waals surface area contributed by atoms with Gasteiger partial charge in [-0.15, -0.1) is 0 Å². The summed E-state index contributed by atoms with van der Waals surface area (Å²) >= 11 is 0. The fourth-order valence-corrected chi connectivity index (χ4v) is 2.83. The van der Waals surface area contributed by atoms with Gasteiger partial charge < -0.3 is 10.2 Å². The highest BCUT2D eigenvalue weighted by molar-refractivity contribution is 5.98. The molecular weight excluding hydrogens is 276 g/mol. The number of aryl methyl sites for hydroxylation is 2. The molecule has 0 spiro atoms. The number of amides is 1. The van der Waals surface area contributed by atoms with Gasteiger partial charge in [0, 0.05) is 24.9 Å². The van der Waals surface area contributed by atoms with Crippen LogP contribution in [-0.4, -0.2) is 43.8 Å². The van der Waals surface area contributed by atoms with E-state index in [1.54, 1.807) is 0 Å². The predicted molar refractivity (Wildman–Crippen MR) is 88.2 cm³/mol. The Balaban J connectivity index is 1.72. The minimum Gasteiger partial charge on any atom is -0.356 e. The third-order valence-corrected chi connectivity index (χ3v) is 4.10. The van der Waals surface area contributed by atoms with Crippen LogP contribution in [0.3, 0.4) is 0 Å². The molecule has 0 unspecified atom stereocenters. The van der Waals surface area contributed by atoms with E-state index in [4.69, 9.17) is 0 Å². The molecule has 1 N–H and O–H groups in total. The second-order valence-corrected chi connectivity index (χ2v) is 6.27. The quantitative estimate of drug-likeness (QED) is 0.591. The monoisotopic (exact) mass is 302 g/mol. The first-order chi connectivity index (χ1) is 10.6. The van der Waals surface area contributed by atoms with Crippen molar-refractivity contribution < 1.29 is 9.59 Å². The van der Waals surface area contributed by atoms with E-state index in [9.17, 15) is 9.59 Å². The van der Waals surface area contributed by atoms with Gasteiger partial charge in [-0.3, -0.25) is 9.59 Å². The van der Waals surface area contributed by atoms with Crippen LogP contribution >= 0.6 is 0 Å². The standard InChI is InChI=1S/C18H26N2O2/c1-20(2)12-4-11-19-18(22)10-9-17(21)16-8-7-14-5-3-6-15(14)13-16/h7-8,13H,3-6,9-12H2,1-2H3,(H,19,22). The Morgan fingerprint density at radius 2 is 1.91 bits per heavy atom. The van der Waals surface area contributed by atoms with Crippen LogP contribution in [0.1, 0.15) is 47.2 Å². The zero-order valence-electron chi connectivity index (χ0n) is 13.7. The smallest absolute Gasteiger partial charge is 0.220 e. The molecule has 0 heterocycles. The van der Waals surface area contributed by atoms with Gasteiger partial charge >= 0.3 is 0 Å². The van der Waals surface area contributed by atoms with Gasteiger partial charge in [0.1, 0.15) is 0 Å². The van der Waals surface area contributed by atoms with Crippen molar-refractivity contribution in [1.29, 1.82) is 0 Å². The predicted octanol–water partition coefficient (Wildman–Crippen LogP) is 2.21. The number of nitrogens with one attached hydrogen (secondary N) is 1. The topological polar surface area (TPSA) is 49.4 Å². The second kappa shape index (κ2) is 8.08. The molecule has 0 atom stereocenters. The highest BCUT2D eigenvalue weighted by Gasteiger charge is 2.14. The number of fused-ring (bicyclic) bond motifs is 1. The molecule has 2 rings (SSSR count). The number of ketones is 1. The number of rotatable bonds is 8. The summed E-state index contributed by atoms with van der Waals surface area (Å²) in [6.07, 6.45) is 4.87. The van der Waals surface area contributed by atoms with E-state index in [-0.39, 0.29) is 24.5 Å². The summed E-state index contributed by atoms with van der Waals surface area (Å²) in [5, 5.41) is 2.87. The number of hydrogen-bond donors (Lipinski definition) is 1. The Bertz CT molecular complexity index is 538. The van der Waals surface area contributed by atoms with Gasteiger partial charge in [0.15, 0.2) is 5.78 Å². The maximum absolute atomic E-state index is 12.2. The maximum atomic E-state index is 12.2. The highest BCUT2D eigenvalue weighted by atomic mass is 16.2. The molecule has 1 aliphatic carbocycles. The largest absolute Gasteiger partial charge is 0.356 e. The lowest BCUT2D eigenvalue weighted by atomic mass is 10.0. The van der Waals surface area contributed by atoms with Gasteiger partial charge in [-0.2, -0.15) is 0 Å². The van der Waals surface area contributed by atoms with E-state index in [2.05, 4.69) is 16.3 Å². The first-order valence-corrected chi connectivity index (χ1v) is 8.12. The molecule has 1 aliphatic rings. The highest BCUT2D eigenvalue weighted by Crippen LogP contribution is 2.23. The summed E-state index contributed by atoms with van der Waals surface area (Å²) in [4.78, 5) is 26.0. The van der Waals surface area contributed by atoms with E-state index in [1.807, 2.05) is 26.2 Å². The minimum atomic E-state index is -0.0340. The SMILES string of the molecule is CN(C)CCCNC(=O)CCC(=O)c1ccc2c(c1)CCC2. The second-order valence-electron chi connectivity index (χ2n) is 6.27. The van der Waals surface area contributed by atoms with Gasteiger partial charge in [-0.1, -0.05) is 12.1 Å². The number of hydrogen-bond acceptors (Lipinski definition) is 3. The third-order valence-electron chi connectivity index (χ3n) is 4.10. The van der Waals surface area contributed by atoms with Crippen LogP contribution in [0.4, 0.5) is 0 Å². The van der Waals surface area contributed by atoms with Crippen LogP contribution in [0, 0.1) is 0 Å². The zero-order valence-corrected chi connectivity index (χ0v) is 13.7. The van der Waals surface area contributed by atoms with Gasteiger partial charge in [-0.05, 0) is 63.5 Å². The Kier molecular flexibility index (Phi) is 6.13. The van der Waals surface area contributed by atoms with Gasteiger partial charge in [-0.25, -0.2) is 0 Å². The molecule has 0 aliphatic heterocycles. The molecule has 0 saturated carbocycles. The number of Topliss-reactive ketones (excluding diaryl/α,β-unsaturated/α-hetero) is 1. The molecule has 0 fully saturated rings. The molecule has 22 heavy (non-hydrogen) atoms. The van der Waals surface area contributed by atoms with Crippen LogP contribution in [0.5, 0.6) is 0 Å². The first-order valence-electron chi connectivity index (χ1n) is 8.12. The van der Waals surface area contributed by atoms with Crippen molar-refractivity contribution >= 4 is 11.7 Å². The number of carbonyl (C=O) groups is 2. The normalized spacial score (nSPS) is 13.2. The molecular formula is C18H26N2O2. The average Bonchev–Trinajstić information content (AvgIpc) is 2.96. The molecule has 1 aromatic rings. The summed E-state index contributed by atoms with van der Waals surface area (Å²) in [6, 6.07) is 5.98. The first kappa shape index (κ1) is 16.7. The summed E-state index contributed by atoms with van der Waals surface area (Å²) in [5.41, 5.74) is 3.43. The zero-order chi connectivity index (χ0) is 15.9. The van der Waals surface area contributed by atoms with Crippen LogP contribution in [0.15, 0.2) is 18.2 Å². The van der Waals surface area contributed by atoms with Crippen molar-refractivity contribution in [3.05, 3.63) is 34.9 Å². The lowest BCUT2D eigenvalue weighted by Crippen LogP contribution is -2.27. The van der Waals surface area contributed by atoms with E-state index >= 15 is 0 Å². The summed E-state index contributed by atoms with van der Waals surface area (Å²) in [7, 11) is 4.02. The van der Waals surface area contributed by atoms with Gasteiger partial charge in [0.05, 0.1) is 0 Å². The van der Waals surface area contributed by atoms with E-state index < -0.39 is 0 Å². The Morgan fingerprint density at radius 3 is 2.68 bits per heavy atom. The molecule has 0 aromatic heterocycles. The van der Waals surface area contributed by atoms with Crippen LogP contribution in [-0.2, 0) is 17.6 Å². The molecule has 0 saturated heterocycles. The fourth-order valence-electron chi connectivity index (χ4n) is 2.83. The van der Waals surface area contributed by atoms with Gasteiger partial charge in [0.2, 0.25) is 5.91 Å². The Hall–Kier alpha value is -1.68. The van der Waals surface area contributed by atoms with Crippen LogP contribution in [0.2, 0.25) is 0 Å². The summed E-state index contributed by atoms with van der Waals surface area (Å²) in [5.74, 6) is 0.0337. The lowest BCUT2D eigenvalue weighted by molar-refractivity contribution is -0.121. The molecule has 4 heteroatoms. The van der Waals surface area contributed by atoms with E-state index in [0.29, 0.717) is 6.54 Å². The fraction of sp³-hybridized carbons (Fsp3) is 0.556. The van der Waals surface area contributed by atoms with Gasteiger partial charge in [0.25, 0.3) is 0 Å². The average molecular weight is 302 g/mol. The van der Waals surface area contributed by atoms with Crippen LogP contribution in [0.25, 0.3) is 0 Å². The Labute approximate surface area is 132 Å². The number of carbonyl (C=O) groups excluding carboxylic acids is 2. The molecule has 1 amide bonds. The lowest BCUT2D eigenvalue weighted by Gasteiger charge is -2.09. The van der Waals surface area contributed by atoms with Crippen molar-refractivity contribution in [3.8, 4) is 0 Å². The van der Waals surface area contributed by atoms with Crippen molar-refractivity contribution in [1.82, 2.24) is 10.2 Å². The Morgan fingerprint density at radius 1 is 1.14 bits per heavy atom. The molecule has 1 aromatic carbocycles. The number of nitrogens with zero attached hydrogens (tertiary/aromatic N) is 1. The maximum Gasteiger partial charge on any atom is 0.220 e. The minimum absolute atomic E-state index is 0.0340. The van der Waals surface area contributed by atoms with Crippen LogP contribution < -0.4 is 5.32 Å². The third kappa shape index (κ3) is 4.95. The van der Waals surface area contributed by atoms with Crippen molar-refractivity contribution in [2.75, 3.05) is 27.2 Å². The molecule has 0 bridgehead atoms. The molecule has 0 radical (unpaired) electrons. The molecule has 4 nitrogen and oxygen atoms in total. The van der Waals surface area contributed by atoms with Crippen molar-refractivity contribution in [3.63, 3.8) is 0 Å². The van der Waals surface area contributed by atoms with Crippen molar-refractivity contribution in [2.24, 2.45) is 0 Å². The summed E-state index contributed by atoms with van der Waals surface area (Å²) < 4.78 is 0.